The summed E-state index contributed by atoms with van der Waals surface area (Å²) in [5, 5.41) is 3.23. The first-order valence-electron chi connectivity index (χ1n) is 7.05. The van der Waals surface area contributed by atoms with E-state index in [-0.39, 0.29) is 18.4 Å². The summed E-state index contributed by atoms with van der Waals surface area (Å²) < 4.78 is 50.4. The van der Waals surface area contributed by atoms with Gasteiger partial charge >= 0.3 is 6.18 Å². The molecule has 1 rings (SSSR count). The minimum atomic E-state index is -4.19. The molecule has 0 amide bonds. The van der Waals surface area contributed by atoms with Crippen LogP contribution in [0.5, 0.6) is 0 Å². The van der Waals surface area contributed by atoms with Gasteiger partial charge in [-0.3, -0.25) is 0 Å². The number of halogens is 4. The SMILES string of the molecule is CCCNC(C)c1cc(F)ccc1N(C)CCC(F)(F)F. The van der Waals surface area contributed by atoms with Crippen molar-refractivity contribution in [3.05, 3.63) is 29.6 Å². The maximum Gasteiger partial charge on any atom is 0.390 e. The van der Waals surface area contributed by atoms with Crippen molar-refractivity contribution in [2.45, 2.75) is 38.9 Å². The standard InChI is InChI=1S/C15H22F4N2/c1-4-8-20-11(2)13-10-12(16)5-6-14(13)21(3)9-7-15(17,18)19/h5-6,10-11,20H,4,7-9H2,1-3H3. The second-order valence-electron chi connectivity index (χ2n) is 5.17. The topological polar surface area (TPSA) is 15.3 Å². The first kappa shape index (κ1) is 17.8. The lowest BCUT2D eigenvalue weighted by Gasteiger charge is -2.26. The van der Waals surface area contributed by atoms with Crippen molar-refractivity contribution in [2.24, 2.45) is 0 Å². The van der Waals surface area contributed by atoms with Gasteiger partial charge in [-0.15, -0.1) is 0 Å². The van der Waals surface area contributed by atoms with E-state index in [1.165, 1.54) is 23.1 Å². The highest BCUT2D eigenvalue weighted by Crippen LogP contribution is 2.28. The summed E-state index contributed by atoms with van der Waals surface area (Å²) in [5.41, 5.74) is 1.30. The van der Waals surface area contributed by atoms with Crippen LogP contribution in [0.25, 0.3) is 0 Å². The first-order valence-corrected chi connectivity index (χ1v) is 7.05. The molecular formula is C15H22F4N2. The van der Waals surface area contributed by atoms with E-state index in [2.05, 4.69) is 5.32 Å². The molecule has 0 saturated carbocycles. The minimum absolute atomic E-state index is 0.121. The van der Waals surface area contributed by atoms with Gasteiger partial charge in [0.1, 0.15) is 5.82 Å². The average Bonchev–Trinajstić information content (AvgIpc) is 2.41. The van der Waals surface area contributed by atoms with Gasteiger partial charge in [0.2, 0.25) is 0 Å². The Balaban J connectivity index is 2.89. The lowest BCUT2D eigenvalue weighted by molar-refractivity contribution is -0.132. The summed E-state index contributed by atoms with van der Waals surface area (Å²) in [4.78, 5) is 1.52. The average molecular weight is 306 g/mol. The van der Waals surface area contributed by atoms with Gasteiger partial charge in [0.05, 0.1) is 6.42 Å². The number of hydrogen-bond acceptors (Lipinski definition) is 2. The molecule has 0 aromatic heterocycles. The molecule has 0 aliphatic carbocycles. The normalized spacial score (nSPS) is 13.3. The molecular weight excluding hydrogens is 284 g/mol. The molecule has 120 valence electrons. The lowest BCUT2D eigenvalue weighted by Crippen LogP contribution is -2.27. The molecule has 0 radical (unpaired) electrons. The van der Waals surface area contributed by atoms with E-state index in [9.17, 15) is 17.6 Å². The van der Waals surface area contributed by atoms with Crippen molar-refractivity contribution in [3.8, 4) is 0 Å². The van der Waals surface area contributed by atoms with Crippen LogP contribution in [-0.2, 0) is 0 Å². The van der Waals surface area contributed by atoms with E-state index in [1.807, 2.05) is 13.8 Å². The van der Waals surface area contributed by atoms with Gasteiger partial charge in [-0.25, -0.2) is 4.39 Å². The van der Waals surface area contributed by atoms with E-state index in [1.54, 1.807) is 7.05 Å². The molecule has 1 aromatic carbocycles. The van der Waals surface area contributed by atoms with Crippen molar-refractivity contribution in [3.63, 3.8) is 0 Å². The molecule has 0 bridgehead atoms. The van der Waals surface area contributed by atoms with Crippen molar-refractivity contribution < 1.29 is 17.6 Å². The molecule has 1 aromatic rings. The van der Waals surface area contributed by atoms with Gasteiger partial charge in [0, 0.05) is 25.3 Å². The molecule has 1 atom stereocenters. The van der Waals surface area contributed by atoms with E-state index >= 15 is 0 Å². The van der Waals surface area contributed by atoms with Crippen molar-refractivity contribution in [1.82, 2.24) is 5.32 Å². The summed E-state index contributed by atoms with van der Waals surface area (Å²) in [6.45, 7) is 4.51. The van der Waals surface area contributed by atoms with Gasteiger partial charge in [-0.1, -0.05) is 6.92 Å². The monoisotopic (exact) mass is 306 g/mol. The zero-order chi connectivity index (χ0) is 16.0. The fourth-order valence-electron chi connectivity index (χ4n) is 2.11. The van der Waals surface area contributed by atoms with Gasteiger partial charge < -0.3 is 10.2 Å². The summed E-state index contributed by atoms with van der Waals surface area (Å²) in [7, 11) is 1.59. The zero-order valence-electron chi connectivity index (χ0n) is 12.6. The Hall–Kier alpha value is -1.30. The smallest absolute Gasteiger partial charge is 0.374 e. The largest absolute Gasteiger partial charge is 0.390 e. The first-order chi connectivity index (χ1) is 9.74. The Bertz CT molecular complexity index is 446. The van der Waals surface area contributed by atoms with E-state index < -0.39 is 12.6 Å². The third-order valence-corrected chi connectivity index (χ3v) is 3.30. The third kappa shape index (κ3) is 5.91. The summed E-state index contributed by atoms with van der Waals surface area (Å²) in [5.74, 6) is -0.386. The molecule has 0 saturated heterocycles. The number of rotatable bonds is 7. The Morgan fingerprint density at radius 3 is 2.52 bits per heavy atom. The molecule has 0 heterocycles. The number of alkyl halides is 3. The van der Waals surface area contributed by atoms with Crippen molar-refractivity contribution >= 4 is 5.69 Å². The fourth-order valence-corrected chi connectivity index (χ4v) is 2.11. The van der Waals surface area contributed by atoms with Crippen LogP contribution in [0.4, 0.5) is 23.2 Å². The van der Waals surface area contributed by atoms with Gasteiger partial charge in [-0.05, 0) is 43.7 Å². The molecule has 0 spiro atoms. The number of nitrogens with one attached hydrogen (secondary N) is 1. The molecule has 2 nitrogen and oxygen atoms in total. The predicted octanol–water partition coefficient (Wildman–Crippen LogP) is 4.27. The number of nitrogens with zero attached hydrogens (tertiary/aromatic N) is 1. The zero-order valence-corrected chi connectivity index (χ0v) is 12.6. The molecule has 0 fully saturated rings. The quantitative estimate of drug-likeness (QED) is 0.757. The van der Waals surface area contributed by atoms with Crippen LogP contribution in [-0.4, -0.2) is 26.3 Å². The Morgan fingerprint density at radius 2 is 1.95 bits per heavy atom. The molecule has 21 heavy (non-hydrogen) atoms. The summed E-state index contributed by atoms with van der Waals surface area (Å²) in [6.07, 6.45) is -4.16. The summed E-state index contributed by atoms with van der Waals surface area (Å²) in [6, 6.07) is 4.07. The van der Waals surface area contributed by atoms with Crippen LogP contribution in [0, 0.1) is 5.82 Å². The van der Waals surface area contributed by atoms with E-state index in [0.717, 1.165) is 13.0 Å². The highest BCUT2D eigenvalue weighted by atomic mass is 19.4. The Morgan fingerprint density at radius 1 is 1.29 bits per heavy atom. The van der Waals surface area contributed by atoms with Crippen LogP contribution in [0.1, 0.15) is 38.3 Å². The van der Waals surface area contributed by atoms with Gasteiger partial charge in [0.15, 0.2) is 0 Å². The van der Waals surface area contributed by atoms with E-state index in [0.29, 0.717) is 11.3 Å². The van der Waals surface area contributed by atoms with E-state index in [4.69, 9.17) is 0 Å². The minimum Gasteiger partial charge on any atom is -0.374 e. The maximum absolute atomic E-state index is 13.4. The number of benzene rings is 1. The maximum atomic E-state index is 13.4. The van der Waals surface area contributed by atoms with Crippen molar-refractivity contribution in [2.75, 3.05) is 25.0 Å². The second kappa shape index (κ2) is 7.64. The Kier molecular flexibility index (Phi) is 6.45. The predicted molar refractivity (Wildman–Crippen MR) is 77.1 cm³/mol. The van der Waals surface area contributed by atoms with Crippen LogP contribution in [0.2, 0.25) is 0 Å². The highest BCUT2D eigenvalue weighted by molar-refractivity contribution is 5.54. The summed E-state index contributed by atoms with van der Waals surface area (Å²) >= 11 is 0. The number of hydrogen-bond donors (Lipinski definition) is 1. The fraction of sp³-hybridized carbons (Fsp3) is 0.600. The van der Waals surface area contributed by atoms with Crippen LogP contribution < -0.4 is 10.2 Å². The lowest BCUT2D eigenvalue weighted by atomic mass is 10.0. The van der Waals surface area contributed by atoms with Gasteiger partial charge in [0.25, 0.3) is 0 Å². The van der Waals surface area contributed by atoms with Crippen LogP contribution >= 0.6 is 0 Å². The molecule has 0 aliphatic rings. The Labute approximate surface area is 123 Å². The molecule has 0 aliphatic heterocycles. The van der Waals surface area contributed by atoms with Gasteiger partial charge in [-0.2, -0.15) is 13.2 Å². The molecule has 1 N–H and O–H groups in total. The van der Waals surface area contributed by atoms with Crippen LogP contribution in [0.3, 0.4) is 0 Å². The third-order valence-electron chi connectivity index (χ3n) is 3.30. The molecule has 1 unspecified atom stereocenters. The van der Waals surface area contributed by atoms with Crippen LogP contribution in [0.15, 0.2) is 18.2 Å². The highest BCUT2D eigenvalue weighted by Gasteiger charge is 2.27. The van der Waals surface area contributed by atoms with Crippen molar-refractivity contribution in [1.29, 1.82) is 0 Å². The molecule has 6 heteroatoms. The second-order valence-corrected chi connectivity index (χ2v) is 5.17. The number of anilines is 1.